The minimum Gasteiger partial charge on any atom is -1.00 e. The van der Waals surface area contributed by atoms with Crippen LogP contribution in [-0.2, 0) is 25.5 Å². The Balaban J connectivity index is -0.0000000910. The Bertz CT molecular complexity index is 662. The van der Waals surface area contributed by atoms with Crippen LogP contribution in [0.15, 0.2) is 11.1 Å². The van der Waals surface area contributed by atoms with Crippen molar-refractivity contribution in [3.05, 3.63) is 22.2 Å². The number of hydrogen-bond acceptors (Lipinski definition) is 9. The van der Waals surface area contributed by atoms with E-state index in [1.165, 1.54) is 6.33 Å². The summed E-state index contributed by atoms with van der Waals surface area (Å²) in [4.78, 5) is 39.6. The number of aromatic amines is 1. The summed E-state index contributed by atoms with van der Waals surface area (Å²) < 4.78 is 9.57. The molecule has 1 aromatic rings. The summed E-state index contributed by atoms with van der Waals surface area (Å²) in [7, 11) is 0. The van der Waals surface area contributed by atoms with Gasteiger partial charge in [-0.25, -0.2) is 4.98 Å². The SMILES string of the molecule is CCCC(C(=O)OCC)C(=O)OCC.CCCc1c(O)nc[nH]c1=O.CCO.CC[O-].NC=[NH2+].[Cl-].[Na+]. The minimum atomic E-state index is -0.750. The number of ether oxygens (including phenoxy) is 2. The van der Waals surface area contributed by atoms with E-state index < -0.39 is 17.9 Å². The smallest absolute Gasteiger partial charge is 1.00 e. The van der Waals surface area contributed by atoms with Crippen molar-refractivity contribution in [2.45, 2.75) is 67.2 Å². The second kappa shape index (κ2) is 37.8. The summed E-state index contributed by atoms with van der Waals surface area (Å²) in [6.07, 6.45) is 4.81. The van der Waals surface area contributed by atoms with E-state index >= 15 is 0 Å². The van der Waals surface area contributed by atoms with Crippen molar-refractivity contribution < 1.29 is 81.8 Å². The van der Waals surface area contributed by atoms with E-state index in [4.69, 9.17) is 24.8 Å². The number of carbonyl (C=O) groups is 2. The number of aliphatic hydroxyl groups is 1. The van der Waals surface area contributed by atoms with Crippen molar-refractivity contribution in [3.63, 3.8) is 0 Å². The van der Waals surface area contributed by atoms with Gasteiger partial charge in [0, 0.05) is 6.61 Å². The number of halogens is 1. The number of carbonyl (C=O) groups excluding carboxylic acids is 2. The number of aromatic nitrogens is 2. The van der Waals surface area contributed by atoms with Crippen molar-refractivity contribution in [2.75, 3.05) is 26.4 Å². The first-order valence-electron chi connectivity index (χ1n) is 11.2. The van der Waals surface area contributed by atoms with Crippen LogP contribution in [0.25, 0.3) is 0 Å². The van der Waals surface area contributed by atoms with E-state index in [1.807, 2.05) is 13.8 Å². The summed E-state index contributed by atoms with van der Waals surface area (Å²) in [5, 5.41) is 30.1. The van der Waals surface area contributed by atoms with Gasteiger partial charge in [-0.1, -0.05) is 33.6 Å². The molecule has 0 aromatic carbocycles. The molecule has 1 heterocycles. The molecular weight excluding hydrogens is 507 g/mol. The van der Waals surface area contributed by atoms with E-state index in [9.17, 15) is 14.4 Å². The number of aliphatic hydroxyl groups excluding tert-OH is 1. The van der Waals surface area contributed by atoms with Crippen LogP contribution in [0.5, 0.6) is 5.88 Å². The largest absolute Gasteiger partial charge is 1.00 e. The fourth-order valence-electron chi connectivity index (χ4n) is 2.00. The van der Waals surface area contributed by atoms with Crippen LogP contribution in [-0.4, -0.2) is 64.9 Å². The minimum absolute atomic E-state index is 0. The van der Waals surface area contributed by atoms with Crippen LogP contribution in [0.3, 0.4) is 0 Å². The number of aromatic hydroxyl groups is 1. The van der Waals surface area contributed by atoms with Crippen LogP contribution >= 0.6 is 0 Å². The van der Waals surface area contributed by atoms with Gasteiger partial charge in [-0.3, -0.25) is 25.5 Å². The van der Waals surface area contributed by atoms with E-state index in [1.54, 1.807) is 27.7 Å². The fourth-order valence-corrected chi connectivity index (χ4v) is 2.00. The van der Waals surface area contributed by atoms with Gasteiger partial charge in [-0.15, -0.1) is 6.61 Å². The molecule has 0 aliphatic carbocycles. The second-order valence-electron chi connectivity index (χ2n) is 5.93. The third kappa shape index (κ3) is 30.3. The third-order valence-electron chi connectivity index (χ3n) is 3.15. The zero-order valence-electron chi connectivity index (χ0n) is 22.7. The van der Waals surface area contributed by atoms with Crippen molar-refractivity contribution in [2.24, 2.45) is 11.7 Å². The molecule has 0 amide bonds. The maximum absolute atomic E-state index is 11.3. The van der Waals surface area contributed by atoms with E-state index in [2.05, 4.69) is 21.1 Å². The Labute approximate surface area is 242 Å². The molecule has 14 heteroatoms. The summed E-state index contributed by atoms with van der Waals surface area (Å²) >= 11 is 0. The summed E-state index contributed by atoms with van der Waals surface area (Å²) in [6, 6.07) is 0. The van der Waals surface area contributed by atoms with E-state index in [0.717, 1.165) is 19.2 Å². The quantitative estimate of drug-likeness (QED) is 0.0677. The Morgan fingerprint density at radius 3 is 1.81 bits per heavy atom. The van der Waals surface area contributed by atoms with Gasteiger partial charge in [0.2, 0.25) is 12.2 Å². The number of H-pyrrole nitrogens is 1. The number of esters is 2. The Morgan fingerprint density at radius 1 is 1.14 bits per heavy atom. The molecule has 12 nitrogen and oxygen atoms in total. The topological polar surface area (TPSA) is 213 Å². The van der Waals surface area contributed by atoms with Gasteiger partial charge in [0.15, 0.2) is 5.92 Å². The van der Waals surface area contributed by atoms with Crippen LogP contribution in [0.4, 0.5) is 0 Å². The van der Waals surface area contributed by atoms with E-state index in [-0.39, 0.29) is 66.6 Å². The molecule has 0 saturated carbocycles. The average Bonchev–Trinajstić information content (AvgIpc) is 2.77. The van der Waals surface area contributed by atoms with E-state index in [0.29, 0.717) is 31.6 Å². The maximum Gasteiger partial charge on any atom is 1.00 e. The first-order valence-corrected chi connectivity index (χ1v) is 11.2. The molecule has 0 atom stereocenters. The molecule has 0 unspecified atom stereocenters. The molecule has 0 spiro atoms. The first kappa shape index (κ1) is 47.5. The predicted octanol–water partition coefficient (Wildman–Crippen LogP) is -6.94. The second-order valence-corrected chi connectivity index (χ2v) is 5.93. The molecular formula is C22H44ClN4NaO8. The zero-order valence-corrected chi connectivity index (χ0v) is 25.5. The zero-order chi connectivity index (χ0) is 27.4. The monoisotopic (exact) mass is 550 g/mol. The molecule has 0 aliphatic rings. The van der Waals surface area contributed by atoms with Crippen molar-refractivity contribution in [1.82, 2.24) is 9.97 Å². The molecule has 1 rings (SSSR count). The third-order valence-corrected chi connectivity index (χ3v) is 3.15. The van der Waals surface area contributed by atoms with Crippen LogP contribution < -0.4 is 63.8 Å². The normalized spacial score (nSPS) is 8.25. The number of hydrogen-bond donors (Lipinski definition) is 5. The van der Waals surface area contributed by atoms with Crippen molar-refractivity contribution in [3.8, 4) is 5.88 Å². The maximum atomic E-state index is 11.3. The van der Waals surface area contributed by atoms with Gasteiger partial charge in [-0.05, 0) is 33.6 Å². The van der Waals surface area contributed by atoms with Gasteiger partial charge in [0.05, 0.1) is 25.1 Å². The molecule has 36 heavy (non-hydrogen) atoms. The molecule has 0 fully saturated rings. The van der Waals surface area contributed by atoms with Gasteiger partial charge >= 0.3 is 41.5 Å². The van der Waals surface area contributed by atoms with Gasteiger partial charge in [-0.2, -0.15) is 0 Å². The Morgan fingerprint density at radius 2 is 1.53 bits per heavy atom. The molecule has 0 bridgehead atoms. The van der Waals surface area contributed by atoms with Crippen LogP contribution in [0.2, 0.25) is 0 Å². The number of nitrogens with one attached hydrogen (secondary N) is 1. The molecule has 0 radical (unpaired) electrons. The summed E-state index contributed by atoms with van der Waals surface area (Å²) in [5.41, 5.74) is 4.62. The molecule has 0 saturated heterocycles. The molecule has 0 aliphatic heterocycles. The van der Waals surface area contributed by atoms with Gasteiger partial charge < -0.3 is 42.2 Å². The summed E-state index contributed by atoms with van der Waals surface area (Å²) in [5.74, 6) is -1.86. The first-order chi connectivity index (χ1) is 16.2. The Hall–Kier alpha value is -1.70. The molecule has 1 aromatic heterocycles. The van der Waals surface area contributed by atoms with Gasteiger partial charge in [0.1, 0.15) is 0 Å². The number of rotatable bonds is 8. The fraction of sp³-hybridized carbons (Fsp3) is 0.682. The van der Waals surface area contributed by atoms with Crippen molar-refractivity contribution >= 4 is 18.3 Å². The standard InChI is InChI=1S/C10H18O4.C7H10N2O2.C2H6O.C2H5O.CH4N2.ClH.Na/c1-4-7-8(9(11)13-5-2)10(12)14-6-3;1-2-3-5-6(10)8-4-9-7(5)11;2*1-2-3;2-1-3;;/h8H,4-7H2,1-3H3;4H,2-3H2,1H3,(H2,8,9,10,11);3H,2H2,1H3;2H2,1H3;1H,(H3,2,3);1H;/q;;;-1;;;+1. The van der Waals surface area contributed by atoms with Gasteiger partial charge in [0.25, 0.3) is 5.56 Å². The Kier molecular flexibility index (Phi) is 49.9. The number of nitrogens with zero attached hydrogens (tertiary/aromatic N) is 1. The van der Waals surface area contributed by atoms with Crippen LogP contribution in [0.1, 0.15) is 66.4 Å². The number of nitrogens with two attached hydrogens (primary N) is 2. The summed E-state index contributed by atoms with van der Waals surface area (Å²) in [6.45, 7) is 11.4. The predicted molar refractivity (Wildman–Crippen MR) is 128 cm³/mol. The average molecular weight is 551 g/mol. The molecule has 208 valence electrons. The van der Waals surface area contributed by atoms with Crippen molar-refractivity contribution in [1.29, 1.82) is 0 Å². The molecule has 7 N–H and O–H groups in total. The van der Waals surface area contributed by atoms with Crippen LogP contribution in [0, 0.1) is 5.92 Å².